The van der Waals surface area contributed by atoms with Gasteiger partial charge in [0, 0.05) is 12.6 Å². The predicted molar refractivity (Wildman–Crippen MR) is 80.7 cm³/mol. The van der Waals surface area contributed by atoms with Crippen molar-refractivity contribution in [3.63, 3.8) is 0 Å². The average molecular weight is 334 g/mol. The number of hydrogen-bond acceptors (Lipinski definition) is 3. The smallest absolute Gasteiger partial charge is 0.406 e. The molecule has 0 aliphatic carbocycles. The van der Waals surface area contributed by atoms with Crippen molar-refractivity contribution in [1.82, 2.24) is 4.90 Å². The van der Waals surface area contributed by atoms with Gasteiger partial charge in [-0.3, -0.25) is 4.79 Å². The van der Waals surface area contributed by atoms with Gasteiger partial charge >= 0.3 is 6.18 Å². The topological polar surface area (TPSA) is 53.3 Å². The first-order valence-electron chi connectivity index (χ1n) is 6.89. The Morgan fingerprint density at radius 3 is 2.42 bits per heavy atom. The molecule has 0 aliphatic heterocycles. The third-order valence-corrected chi connectivity index (χ3v) is 3.06. The normalized spacial score (nSPS) is 10.8. The number of nitriles is 1. The van der Waals surface area contributed by atoms with Gasteiger partial charge in [0.1, 0.15) is 18.0 Å². The number of hydrogen-bond donors (Lipinski definition) is 0. The molecule has 2 rings (SSSR count). The van der Waals surface area contributed by atoms with Crippen molar-refractivity contribution in [3.8, 4) is 17.6 Å². The van der Waals surface area contributed by atoms with Gasteiger partial charge in [-0.2, -0.15) is 18.4 Å². The van der Waals surface area contributed by atoms with E-state index in [-0.39, 0.29) is 5.56 Å². The number of alkyl halides is 3. The van der Waals surface area contributed by atoms with Gasteiger partial charge in [-0.15, -0.1) is 0 Å². The molecule has 0 spiro atoms. The maximum Gasteiger partial charge on any atom is 0.406 e. The SMILES string of the molecule is CN(CC(F)(F)F)C(=O)c1cccc(Oc2ccc(C#N)cc2)c1. The molecule has 0 radical (unpaired) electrons. The summed E-state index contributed by atoms with van der Waals surface area (Å²) in [6, 6.07) is 14.2. The minimum atomic E-state index is -4.46. The molecule has 7 heteroatoms. The number of halogens is 3. The zero-order valence-electron chi connectivity index (χ0n) is 12.7. The van der Waals surface area contributed by atoms with Crippen LogP contribution in [0.2, 0.25) is 0 Å². The van der Waals surface area contributed by atoms with Crippen molar-refractivity contribution >= 4 is 5.91 Å². The van der Waals surface area contributed by atoms with Crippen LogP contribution in [0.5, 0.6) is 11.5 Å². The summed E-state index contributed by atoms with van der Waals surface area (Å²) in [6.07, 6.45) is -4.46. The summed E-state index contributed by atoms with van der Waals surface area (Å²) in [5, 5.41) is 8.74. The summed E-state index contributed by atoms with van der Waals surface area (Å²) >= 11 is 0. The van der Waals surface area contributed by atoms with Crippen LogP contribution in [0.4, 0.5) is 13.2 Å². The molecule has 0 N–H and O–H groups in total. The minimum absolute atomic E-state index is 0.0906. The maximum atomic E-state index is 12.4. The van der Waals surface area contributed by atoms with E-state index in [1.165, 1.54) is 18.2 Å². The van der Waals surface area contributed by atoms with E-state index in [9.17, 15) is 18.0 Å². The van der Waals surface area contributed by atoms with Crippen LogP contribution in [-0.4, -0.2) is 30.6 Å². The van der Waals surface area contributed by atoms with E-state index in [2.05, 4.69) is 0 Å². The Morgan fingerprint density at radius 1 is 1.17 bits per heavy atom. The second-order valence-electron chi connectivity index (χ2n) is 5.04. The monoisotopic (exact) mass is 334 g/mol. The molecule has 0 aliphatic rings. The fourth-order valence-corrected chi connectivity index (χ4v) is 1.99. The zero-order valence-corrected chi connectivity index (χ0v) is 12.7. The van der Waals surface area contributed by atoms with Gasteiger partial charge < -0.3 is 9.64 Å². The fraction of sp³-hybridized carbons (Fsp3) is 0.176. The van der Waals surface area contributed by atoms with Gasteiger partial charge in [0.2, 0.25) is 0 Å². The largest absolute Gasteiger partial charge is 0.457 e. The average Bonchev–Trinajstić information content (AvgIpc) is 2.53. The molecule has 0 fully saturated rings. The molecule has 24 heavy (non-hydrogen) atoms. The van der Waals surface area contributed by atoms with Crippen LogP contribution in [0.3, 0.4) is 0 Å². The molecule has 0 atom stereocenters. The van der Waals surface area contributed by atoms with E-state index in [4.69, 9.17) is 10.00 Å². The lowest BCUT2D eigenvalue weighted by Crippen LogP contribution is -2.35. The van der Waals surface area contributed by atoms with Gasteiger partial charge in [-0.05, 0) is 42.5 Å². The van der Waals surface area contributed by atoms with Crippen molar-refractivity contribution in [2.24, 2.45) is 0 Å². The fourth-order valence-electron chi connectivity index (χ4n) is 1.99. The van der Waals surface area contributed by atoms with Crippen LogP contribution in [0, 0.1) is 11.3 Å². The Morgan fingerprint density at radius 2 is 1.83 bits per heavy atom. The molecule has 0 aromatic heterocycles. The summed E-state index contributed by atoms with van der Waals surface area (Å²) < 4.78 is 42.7. The molecule has 2 aromatic carbocycles. The molecule has 4 nitrogen and oxygen atoms in total. The van der Waals surface area contributed by atoms with Gasteiger partial charge in [0.15, 0.2) is 0 Å². The van der Waals surface area contributed by atoms with Crippen LogP contribution in [0.15, 0.2) is 48.5 Å². The number of nitrogens with zero attached hydrogens (tertiary/aromatic N) is 2. The lowest BCUT2D eigenvalue weighted by Gasteiger charge is -2.19. The van der Waals surface area contributed by atoms with Crippen LogP contribution in [-0.2, 0) is 0 Å². The van der Waals surface area contributed by atoms with Crippen LogP contribution < -0.4 is 4.74 Å². The summed E-state index contributed by atoms with van der Waals surface area (Å²) in [4.78, 5) is 12.6. The molecule has 0 saturated carbocycles. The number of carbonyl (C=O) groups excluding carboxylic acids is 1. The van der Waals surface area contributed by atoms with Crippen molar-refractivity contribution in [1.29, 1.82) is 5.26 Å². The Balaban J connectivity index is 2.13. The highest BCUT2D eigenvalue weighted by Gasteiger charge is 2.31. The zero-order chi connectivity index (χ0) is 17.7. The van der Waals surface area contributed by atoms with Gasteiger partial charge in [0.25, 0.3) is 5.91 Å². The van der Waals surface area contributed by atoms with Crippen LogP contribution >= 0.6 is 0 Å². The molecule has 124 valence electrons. The number of carbonyl (C=O) groups is 1. The number of rotatable bonds is 4. The van der Waals surface area contributed by atoms with Gasteiger partial charge in [-0.25, -0.2) is 0 Å². The van der Waals surface area contributed by atoms with Crippen LogP contribution in [0.1, 0.15) is 15.9 Å². The summed E-state index contributed by atoms with van der Waals surface area (Å²) in [6.45, 7) is -1.33. The summed E-state index contributed by atoms with van der Waals surface area (Å²) in [5.74, 6) is 0.00538. The Hall–Kier alpha value is -3.01. The van der Waals surface area contributed by atoms with Gasteiger partial charge in [-0.1, -0.05) is 6.07 Å². The highest BCUT2D eigenvalue weighted by atomic mass is 19.4. The van der Waals surface area contributed by atoms with E-state index in [0.29, 0.717) is 22.0 Å². The number of benzene rings is 2. The standard InChI is InChI=1S/C17H13F3N2O2/c1-22(11-17(18,19)20)16(23)13-3-2-4-15(9-13)24-14-7-5-12(10-21)6-8-14/h2-9H,11H2,1H3. The molecular formula is C17H13F3N2O2. The second-order valence-corrected chi connectivity index (χ2v) is 5.04. The van der Waals surface area contributed by atoms with Crippen molar-refractivity contribution in [2.45, 2.75) is 6.18 Å². The Labute approximate surface area is 136 Å². The molecule has 0 heterocycles. The Bertz CT molecular complexity index is 765. The first-order chi connectivity index (χ1) is 11.3. The number of ether oxygens (including phenoxy) is 1. The second kappa shape index (κ2) is 7.04. The lowest BCUT2D eigenvalue weighted by atomic mass is 10.2. The third kappa shape index (κ3) is 4.74. The number of amides is 1. The van der Waals surface area contributed by atoms with Crippen molar-refractivity contribution < 1.29 is 22.7 Å². The highest BCUT2D eigenvalue weighted by molar-refractivity contribution is 5.94. The van der Waals surface area contributed by atoms with E-state index in [1.54, 1.807) is 30.3 Å². The molecule has 0 saturated heterocycles. The van der Waals surface area contributed by atoms with E-state index in [1.807, 2.05) is 6.07 Å². The lowest BCUT2D eigenvalue weighted by molar-refractivity contribution is -0.138. The molecule has 0 unspecified atom stereocenters. The first kappa shape index (κ1) is 17.3. The van der Waals surface area contributed by atoms with Crippen LogP contribution in [0.25, 0.3) is 0 Å². The van der Waals surface area contributed by atoms with E-state index < -0.39 is 18.6 Å². The highest BCUT2D eigenvalue weighted by Crippen LogP contribution is 2.24. The Kier molecular flexibility index (Phi) is 5.09. The first-order valence-corrected chi connectivity index (χ1v) is 6.89. The quantitative estimate of drug-likeness (QED) is 0.850. The van der Waals surface area contributed by atoms with Crippen molar-refractivity contribution in [3.05, 3.63) is 59.7 Å². The summed E-state index contributed by atoms with van der Waals surface area (Å²) in [5.41, 5.74) is 0.563. The predicted octanol–water partition coefficient (Wildman–Crippen LogP) is 3.98. The van der Waals surface area contributed by atoms with Gasteiger partial charge in [0.05, 0.1) is 11.6 Å². The van der Waals surface area contributed by atoms with E-state index >= 15 is 0 Å². The van der Waals surface area contributed by atoms with E-state index in [0.717, 1.165) is 7.05 Å². The minimum Gasteiger partial charge on any atom is -0.457 e. The maximum absolute atomic E-state index is 12.4. The third-order valence-electron chi connectivity index (χ3n) is 3.06. The molecule has 1 amide bonds. The summed E-state index contributed by atoms with van der Waals surface area (Å²) in [7, 11) is 1.09. The molecule has 2 aromatic rings. The molecular weight excluding hydrogens is 321 g/mol. The van der Waals surface area contributed by atoms with Crippen molar-refractivity contribution in [2.75, 3.05) is 13.6 Å². The molecule has 0 bridgehead atoms.